The fourth-order valence-electron chi connectivity index (χ4n) is 0.425. The summed E-state index contributed by atoms with van der Waals surface area (Å²) in [5.41, 5.74) is -0.592. The average molecular weight is 203 g/mol. The van der Waals surface area contributed by atoms with Gasteiger partial charge in [0.15, 0.2) is 5.78 Å². The minimum absolute atomic E-state index is 0.384. The fraction of sp³-hybridized carbons (Fsp3) is 0.833. The van der Waals surface area contributed by atoms with Crippen molar-refractivity contribution in [1.82, 2.24) is 0 Å². The first-order valence-electron chi connectivity index (χ1n) is 2.77. The van der Waals surface area contributed by atoms with Gasteiger partial charge in [0.2, 0.25) is 3.79 Å². The molecule has 0 unspecified atom stereocenters. The Hall–Kier alpha value is 0.540. The van der Waals surface area contributed by atoms with Crippen molar-refractivity contribution in [3.63, 3.8) is 0 Å². The van der Waals surface area contributed by atoms with Crippen LogP contribution >= 0.6 is 34.8 Å². The molecule has 0 fully saturated rings. The van der Waals surface area contributed by atoms with Crippen LogP contribution in [0.2, 0.25) is 0 Å². The Balaban J connectivity index is 4.40. The van der Waals surface area contributed by atoms with Crippen molar-refractivity contribution in [3.8, 4) is 0 Å². The first kappa shape index (κ1) is 10.5. The van der Waals surface area contributed by atoms with E-state index < -0.39 is 9.21 Å². The summed E-state index contributed by atoms with van der Waals surface area (Å²) in [6, 6.07) is 0. The van der Waals surface area contributed by atoms with Crippen LogP contribution in [0.4, 0.5) is 0 Å². The Morgan fingerprint density at radius 1 is 1.10 bits per heavy atom. The van der Waals surface area contributed by atoms with E-state index in [4.69, 9.17) is 34.8 Å². The van der Waals surface area contributed by atoms with Crippen LogP contribution in [0, 0.1) is 5.41 Å². The zero-order chi connectivity index (χ0) is 8.58. The quantitative estimate of drug-likeness (QED) is 0.553. The van der Waals surface area contributed by atoms with Crippen LogP contribution in [-0.2, 0) is 4.79 Å². The van der Waals surface area contributed by atoms with Crippen molar-refractivity contribution in [1.29, 1.82) is 0 Å². The van der Waals surface area contributed by atoms with Crippen molar-refractivity contribution in [3.05, 3.63) is 0 Å². The van der Waals surface area contributed by atoms with Crippen LogP contribution in [-0.4, -0.2) is 9.58 Å². The molecule has 0 aromatic carbocycles. The average Bonchev–Trinajstić information content (AvgIpc) is 1.59. The first-order chi connectivity index (χ1) is 4.15. The Morgan fingerprint density at radius 3 is 1.40 bits per heavy atom. The number of Topliss-reactive ketones (excluding diaryl/α,β-unsaturated/α-hetero) is 1. The molecule has 0 bridgehead atoms. The van der Waals surface area contributed by atoms with Gasteiger partial charge >= 0.3 is 0 Å². The summed E-state index contributed by atoms with van der Waals surface area (Å²) >= 11 is 16.0. The fourth-order valence-corrected chi connectivity index (χ4v) is 1.28. The normalized spacial score (nSPS) is 13.4. The molecule has 0 saturated heterocycles. The van der Waals surface area contributed by atoms with E-state index in [-0.39, 0.29) is 5.78 Å². The van der Waals surface area contributed by atoms with Gasteiger partial charge < -0.3 is 0 Å². The lowest BCUT2D eigenvalue weighted by Crippen LogP contribution is -2.32. The lowest BCUT2D eigenvalue weighted by molar-refractivity contribution is -0.125. The Bertz CT molecular complexity index is 124. The molecule has 0 amide bonds. The maximum absolute atomic E-state index is 11.1. The van der Waals surface area contributed by atoms with Gasteiger partial charge in [0.05, 0.1) is 0 Å². The van der Waals surface area contributed by atoms with E-state index in [1.165, 1.54) is 0 Å². The number of hydrogen-bond acceptors (Lipinski definition) is 1. The summed E-state index contributed by atoms with van der Waals surface area (Å²) in [5, 5.41) is 0. The summed E-state index contributed by atoms with van der Waals surface area (Å²) in [4.78, 5) is 11.1. The zero-order valence-electron chi connectivity index (χ0n) is 6.04. The van der Waals surface area contributed by atoms with Gasteiger partial charge in [-0.1, -0.05) is 55.6 Å². The molecule has 60 valence electrons. The molecule has 0 radical (unpaired) electrons. The van der Waals surface area contributed by atoms with Crippen molar-refractivity contribution in [2.24, 2.45) is 5.41 Å². The van der Waals surface area contributed by atoms with Crippen LogP contribution < -0.4 is 0 Å². The van der Waals surface area contributed by atoms with Gasteiger partial charge in [-0.2, -0.15) is 0 Å². The molecule has 0 aliphatic carbocycles. The highest BCUT2D eigenvalue weighted by atomic mass is 35.6. The van der Waals surface area contributed by atoms with Gasteiger partial charge in [-0.05, 0) is 0 Å². The van der Waals surface area contributed by atoms with Crippen LogP contribution in [0.5, 0.6) is 0 Å². The summed E-state index contributed by atoms with van der Waals surface area (Å²) in [5.74, 6) is -0.384. The van der Waals surface area contributed by atoms with Crippen LogP contribution in [0.15, 0.2) is 0 Å². The van der Waals surface area contributed by atoms with Gasteiger partial charge in [0, 0.05) is 5.41 Å². The number of hydrogen-bond donors (Lipinski definition) is 0. The van der Waals surface area contributed by atoms with Crippen LogP contribution in [0.3, 0.4) is 0 Å². The maximum atomic E-state index is 11.1. The van der Waals surface area contributed by atoms with Gasteiger partial charge in [0.25, 0.3) is 0 Å². The molecule has 0 aromatic rings. The highest BCUT2D eigenvalue weighted by Crippen LogP contribution is 2.34. The zero-order valence-corrected chi connectivity index (χ0v) is 8.31. The molecule has 0 aliphatic rings. The molecule has 4 heteroatoms. The molecule has 0 saturated carbocycles. The summed E-state index contributed by atoms with van der Waals surface area (Å²) in [6.45, 7) is 5.12. The van der Waals surface area contributed by atoms with Crippen molar-refractivity contribution in [2.75, 3.05) is 0 Å². The van der Waals surface area contributed by atoms with Gasteiger partial charge in [-0.25, -0.2) is 0 Å². The monoisotopic (exact) mass is 202 g/mol. The summed E-state index contributed by atoms with van der Waals surface area (Å²) in [7, 11) is 0. The van der Waals surface area contributed by atoms with E-state index in [0.717, 1.165) is 0 Å². The minimum Gasteiger partial charge on any atom is -0.294 e. The summed E-state index contributed by atoms with van der Waals surface area (Å²) in [6.07, 6.45) is 0. The molecule has 0 spiro atoms. The number of carbonyl (C=O) groups excluding carboxylic acids is 1. The van der Waals surface area contributed by atoms with Crippen LogP contribution in [0.1, 0.15) is 20.8 Å². The Morgan fingerprint density at radius 2 is 1.40 bits per heavy atom. The predicted molar refractivity (Wildman–Crippen MR) is 44.8 cm³/mol. The van der Waals surface area contributed by atoms with E-state index in [2.05, 4.69) is 0 Å². The van der Waals surface area contributed by atoms with E-state index in [1.807, 2.05) is 0 Å². The molecular weight excluding hydrogens is 194 g/mol. The minimum atomic E-state index is -1.78. The molecule has 0 rings (SSSR count). The lowest BCUT2D eigenvalue weighted by atomic mass is 9.92. The maximum Gasteiger partial charge on any atom is 0.249 e. The highest BCUT2D eigenvalue weighted by molar-refractivity contribution is 6.76. The third-order valence-corrected chi connectivity index (χ3v) is 1.45. The van der Waals surface area contributed by atoms with Gasteiger partial charge in [-0.15, -0.1) is 0 Å². The standard InChI is InChI=1S/C6H9Cl3O/c1-5(2,3)4(10)6(7,8)9/h1-3H3. The van der Waals surface area contributed by atoms with Crippen LogP contribution in [0.25, 0.3) is 0 Å². The second kappa shape index (κ2) is 2.88. The number of halogens is 3. The number of alkyl halides is 3. The van der Waals surface area contributed by atoms with Gasteiger partial charge in [0.1, 0.15) is 0 Å². The second-order valence-electron chi connectivity index (χ2n) is 3.08. The van der Waals surface area contributed by atoms with E-state index in [1.54, 1.807) is 20.8 Å². The van der Waals surface area contributed by atoms with E-state index in [0.29, 0.717) is 0 Å². The molecule has 0 atom stereocenters. The highest BCUT2D eigenvalue weighted by Gasteiger charge is 2.38. The Kier molecular flexibility index (Phi) is 3.04. The number of carbonyl (C=O) groups is 1. The topological polar surface area (TPSA) is 17.1 Å². The third kappa shape index (κ3) is 3.09. The Labute approximate surface area is 75.6 Å². The molecule has 10 heavy (non-hydrogen) atoms. The molecular formula is C6H9Cl3O. The molecule has 0 aromatic heterocycles. The number of rotatable bonds is 0. The molecule has 0 aliphatic heterocycles. The van der Waals surface area contributed by atoms with Gasteiger partial charge in [-0.3, -0.25) is 4.79 Å². The largest absolute Gasteiger partial charge is 0.294 e. The lowest BCUT2D eigenvalue weighted by Gasteiger charge is -2.21. The van der Waals surface area contributed by atoms with E-state index in [9.17, 15) is 4.79 Å². The predicted octanol–water partition coefficient (Wildman–Crippen LogP) is 2.97. The molecule has 0 N–H and O–H groups in total. The molecule has 1 nitrogen and oxygen atoms in total. The van der Waals surface area contributed by atoms with E-state index >= 15 is 0 Å². The SMILES string of the molecule is CC(C)(C)C(=O)C(Cl)(Cl)Cl. The first-order valence-corrected chi connectivity index (χ1v) is 3.90. The van der Waals surface area contributed by atoms with Crippen molar-refractivity contribution in [2.45, 2.75) is 24.6 Å². The third-order valence-electron chi connectivity index (χ3n) is 0.939. The smallest absolute Gasteiger partial charge is 0.249 e. The number of ketones is 1. The second-order valence-corrected chi connectivity index (χ2v) is 5.36. The molecule has 0 heterocycles. The van der Waals surface area contributed by atoms with Crippen molar-refractivity contribution < 1.29 is 4.79 Å². The summed E-state index contributed by atoms with van der Waals surface area (Å²) < 4.78 is -1.78. The van der Waals surface area contributed by atoms with Crippen molar-refractivity contribution >= 4 is 40.6 Å².